The van der Waals surface area contributed by atoms with Gasteiger partial charge in [0.25, 0.3) is 5.91 Å². The Bertz CT molecular complexity index is 696. The highest BCUT2D eigenvalue weighted by atomic mass is 16.1. The predicted octanol–water partition coefficient (Wildman–Crippen LogP) is 3.24. The number of aryl methyl sites for hydroxylation is 1. The quantitative estimate of drug-likeness (QED) is 0.818. The molecule has 3 rings (SSSR count). The van der Waals surface area contributed by atoms with Gasteiger partial charge in [0, 0.05) is 17.9 Å². The van der Waals surface area contributed by atoms with E-state index < -0.39 is 0 Å². The number of pyridine rings is 1. The van der Waals surface area contributed by atoms with Gasteiger partial charge in [0.05, 0.1) is 12.2 Å². The zero-order valence-electron chi connectivity index (χ0n) is 14.7. The van der Waals surface area contributed by atoms with E-state index >= 15 is 0 Å². The smallest absolute Gasteiger partial charge is 0.270 e. The SMILES string of the molecule is Cc1cc(C(=O)NC2CCCCCC2)nc(NCc2ccccn2)n1. The number of aromatic nitrogens is 3. The maximum Gasteiger partial charge on any atom is 0.270 e. The van der Waals surface area contributed by atoms with Crippen molar-refractivity contribution < 1.29 is 4.79 Å². The molecular weight excluding hydrogens is 314 g/mol. The average molecular weight is 339 g/mol. The zero-order chi connectivity index (χ0) is 17.5. The van der Waals surface area contributed by atoms with Crippen LogP contribution in [0.15, 0.2) is 30.5 Å². The molecule has 0 aromatic carbocycles. The lowest BCUT2D eigenvalue weighted by molar-refractivity contribution is 0.0928. The first-order valence-corrected chi connectivity index (χ1v) is 9.01. The topological polar surface area (TPSA) is 79.8 Å². The van der Waals surface area contributed by atoms with Crippen LogP contribution in [0.5, 0.6) is 0 Å². The summed E-state index contributed by atoms with van der Waals surface area (Å²) in [5.41, 5.74) is 2.09. The summed E-state index contributed by atoms with van der Waals surface area (Å²) < 4.78 is 0. The molecular formula is C19H25N5O. The van der Waals surface area contributed by atoms with Crippen molar-refractivity contribution in [2.45, 2.75) is 58.0 Å². The first-order valence-electron chi connectivity index (χ1n) is 9.01. The Balaban J connectivity index is 1.64. The molecule has 0 saturated heterocycles. The van der Waals surface area contributed by atoms with E-state index in [1.165, 1.54) is 25.7 Å². The van der Waals surface area contributed by atoms with E-state index in [4.69, 9.17) is 0 Å². The van der Waals surface area contributed by atoms with Gasteiger partial charge >= 0.3 is 0 Å². The molecule has 0 bridgehead atoms. The van der Waals surface area contributed by atoms with Crippen molar-refractivity contribution in [3.05, 3.63) is 47.5 Å². The van der Waals surface area contributed by atoms with E-state index in [1.54, 1.807) is 12.3 Å². The van der Waals surface area contributed by atoms with Gasteiger partial charge in [0.1, 0.15) is 5.69 Å². The second kappa shape index (κ2) is 8.55. The molecule has 2 N–H and O–H groups in total. The molecule has 2 heterocycles. The molecule has 2 aromatic heterocycles. The Morgan fingerprint density at radius 1 is 1.16 bits per heavy atom. The molecule has 6 nitrogen and oxygen atoms in total. The number of rotatable bonds is 5. The molecule has 0 spiro atoms. The summed E-state index contributed by atoms with van der Waals surface area (Å²) in [4.78, 5) is 25.6. The summed E-state index contributed by atoms with van der Waals surface area (Å²) in [5, 5.41) is 6.28. The van der Waals surface area contributed by atoms with Crippen LogP contribution in [0.4, 0.5) is 5.95 Å². The summed E-state index contributed by atoms with van der Waals surface area (Å²) in [6, 6.07) is 7.74. The molecule has 132 valence electrons. The summed E-state index contributed by atoms with van der Waals surface area (Å²) >= 11 is 0. The Morgan fingerprint density at radius 2 is 1.96 bits per heavy atom. The van der Waals surface area contributed by atoms with Gasteiger partial charge in [-0.25, -0.2) is 9.97 Å². The molecule has 1 aliphatic rings. The lowest BCUT2D eigenvalue weighted by Crippen LogP contribution is -2.35. The van der Waals surface area contributed by atoms with Gasteiger partial charge in [-0.05, 0) is 38.0 Å². The minimum Gasteiger partial charge on any atom is -0.349 e. The molecule has 1 aliphatic carbocycles. The average Bonchev–Trinajstić information content (AvgIpc) is 2.89. The van der Waals surface area contributed by atoms with Gasteiger partial charge in [-0.2, -0.15) is 0 Å². The fraction of sp³-hybridized carbons (Fsp3) is 0.474. The molecule has 2 aromatic rings. The fourth-order valence-corrected chi connectivity index (χ4v) is 3.12. The molecule has 1 fully saturated rings. The van der Waals surface area contributed by atoms with Crippen LogP contribution in [0.1, 0.15) is 60.4 Å². The standard InChI is InChI=1S/C19H25N5O/c1-14-12-17(18(25)23-15-8-4-2-3-5-9-15)24-19(22-14)21-13-16-10-6-7-11-20-16/h6-7,10-12,15H,2-5,8-9,13H2,1H3,(H,23,25)(H,21,22,24). The van der Waals surface area contributed by atoms with Gasteiger partial charge < -0.3 is 10.6 Å². The van der Waals surface area contributed by atoms with Crippen molar-refractivity contribution in [1.82, 2.24) is 20.3 Å². The number of hydrogen-bond acceptors (Lipinski definition) is 5. The van der Waals surface area contributed by atoms with Crippen molar-refractivity contribution in [3.63, 3.8) is 0 Å². The van der Waals surface area contributed by atoms with Crippen LogP contribution in [0.3, 0.4) is 0 Å². The van der Waals surface area contributed by atoms with E-state index in [0.717, 1.165) is 24.2 Å². The monoisotopic (exact) mass is 339 g/mol. The zero-order valence-corrected chi connectivity index (χ0v) is 14.7. The second-order valence-electron chi connectivity index (χ2n) is 6.55. The number of hydrogen-bond donors (Lipinski definition) is 2. The number of nitrogens with one attached hydrogen (secondary N) is 2. The van der Waals surface area contributed by atoms with Crippen molar-refractivity contribution in [1.29, 1.82) is 0 Å². The van der Waals surface area contributed by atoms with Crippen LogP contribution >= 0.6 is 0 Å². The molecule has 1 saturated carbocycles. The highest BCUT2D eigenvalue weighted by Crippen LogP contribution is 2.17. The number of anilines is 1. The van der Waals surface area contributed by atoms with Crippen LogP contribution in [-0.2, 0) is 6.54 Å². The van der Waals surface area contributed by atoms with Crippen LogP contribution in [0, 0.1) is 6.92 Å². The van der Waals surface area contributed by atoms with Crippen molar-refractivity contribution >= 4 is 11.9 Å². The predicted molar refractivity (Wildman–Crippen MR) is 97.3 cm³/mol. The van der Waals surface area contributed by atoms with E-state index in [0.29, 0.717) is 18.2 Å². The second-order valence-corrected chi connectivity index (χ2v) is 6.55. The molecule has 0 unspecified atom stereocenters. The number of carbonyl (C=O) groups excluding carboxylic acids is 1. The van der Waals surface area contributed by atoms with Gasteiger partial charge in [-0.15, -0.1) is 0 Å². The summed E-state index contributed by atoms with van der Waals surface area (Å²) in [6.07, 6.45) is 8.76. The number of amides is 1. The van der Waals surface area contributed by atoms with Crippen LogP contribution in [-0.4, -0.2) is 26.9 Å². The van der Waals surface area contributed by atoms with Crippen LogP contribution < -0.4 is 10.6 Å². The molecule has 1 amide bonds. The summed E-state index contributed by atoms with van der Waals surface area (Å²) in [6.45, 7) is 2.39. The first kappa shape index (κ1) is 17.3. The van der Waals surface area contributed by atoms with Crippen molar-refractivity contribution in [2.24, 2.45) is 0 Å². The lowest BCUT2D eigenvalue weighted by atomic mass is 10.1. The molecule has 0 atom stereocenters. The Morgan fingerprint density at radius 3 is 2.68 bits per heavy atom. The highest BCUT2D eigenvalue weighted by Gasteiger charge is 2.17. The van der Waals surface area contributed by atoms with E-state index in [9.17, 15) is 4.79 Å². The minimum atomic E-state index is -0.113. The molecule has 0 radical (unpaired) electrons. The maximum absolute atomic E-state index is 12.6. The van der Waals surface area contributed by atoms with Gasteiger partial charge in [0.15, 0.2) is 0 Å². The Hall–Kier alpha value is -2.50. The Labute approximate surface area is 148 Å². The van der Waals surface area contributed by atoms with Crippen LogP contribution in [0.2, 0.25) is 0 Å². The van der Waals surface area contributed by atoms with E-state index in [1.807, 2.05) is 25.1 Å². The van der Waals surface area contributed by atoms with Gasteiger partial charge in [-0.3, -0.25) is 9.78 Å². The minimum absolute atomic E-state index is 0.113. The third-order valence-corrected chi connectivity index (χ3v) is 4.43. The normalized spacial score (nSPS) is 15.4. The van der Waals surface area contributed by atoms with Crippen molar-refractivity contribution in [2.75, 3.05) is 5.32 Å². The Kier molecular flexibility index (Phi) is 5.93. The van der Waals surface area contributed by atoms with E-state index in [-0.39, 0.29) is 11.9 Å². The third-order valence-electron chi connectivity index (χ3n) is 4.43. The van der Waals surface area contributed by atoms with Gasteiger partial charge in [-0.1, -0.05) is 31.7 Å². The lowest BCUT2D eigenvalue weighted by Gasteiger charge is -2.16. The summed E-state index contributed by atoms with van der Waals surface area (Å²) in [7, 11) is 0. The molecule has 25 heavy (non-hydrogen) atoms. The number of carbonyl (C=O) groups is 1. The third kappa shape index (κ3) is 5.24. The first-order chi connectivity index (χ1) is 12.2. The number of nitrogens with zero attached hydrogens (tertiary/aromatic N) is 3. The fourth-order valence-electron chi connectivity index (χ4n) is 3.12. The molecule has 6 heteroatoms. The summed E-state index contributed by atoms with van der Waals surface area (Å²) in [5.74, 6) is 0.343. The van der Waals surface area contributed by atoms with Crippen LogP contribution in [0.25, 0.3) is 0 Å². The van der Waals surface area contributed by atoms with E-state index in [2.05, 4.69) is 25.6 Å². The maximum atomic E-state index is 12.6. The highest BCUT2D eigenvalue weighted by molar-refractivity contribution is 5.92. The molecule has 0 aliphatic heterocycles. The largest absolute Gasteiger partial charge is 0.349 e. The van der Waals surface area contributed by atoms with Crippen molar-refractivity contribution in [3.8, 4) is 0 Å². The van der Waals surface area contributed by atoms with Gasteiger partial charge in [0.2, 0.25) is 5.95 Å².